The van der Waals surface area contributed by atoms with E-state index in [1.807, 2.05) is 6.92 Å². The van der Waals surface area contributed by atoms with Gasteiger partial charge in [-0.2, -0.15) is 0 Å². The molecule has 1 unspecified atom stereocenters. The van der Waals surface area contributed by atoms with Crippen LogP contribution >= 0.6 is 0 Å². The van der Waals surface area contributed by atoms with Gasteiger partial charge in [0.15, 0.2) is 0 Å². The van der Waals surface area contributed by atoms with E-state index in [2.05, 4.69) is 0 Å². The summed E-state index contributed by atoms with van der Waals surface area (Å²) in [4.78, 5) is 11.7. The Hall–Kier alpha value is -0.630. The molecule has 0 spiro atoms. The number of hydrogen-bond donors (Lipinski definition) is 1. The van der Waals surface area contributed by atoms with Crippen LogP contribution in [0, 0.1) is 17.8 Å². The van der Waals surface area contributed by atoms with Crippen molar-refractivity contribution in [3.05, 3.63) is 12.1 Å². The van der Waals surface area contributed by atoms with E-state index in [4.69, 9.17) is 5.48 Å². The summed E-state index contributed by atoms with van der Waals surface area (Å²) < 4.78 is 28.6. The third-order valence-corrected chi connectivity index (χ3v) is 3.37. The SMILES string of the molecule is [2H]/C(=C\C[C@@H](C)[C@@H](O)[C@H]1C(=O)CCC1C)C([2H])([2H])[2H]. The number of Topliss-reactive ketones (excluding diaryl/α,β-unsaturated/α-hetero) is 1. The number of rotatable bonds is 4. The fraction of sp³-hybridized carbons (Fsp3) is 0.769. The topological polar surface area (TPSA) is 37.3 Å². The van der Waals surface area contributed by atoms with Crippen molar-refractivity contribution in [2.45, 2.75) is 46.1 Å². The molecule has 1 aliphatic rings. The van der Waals surface area contributed by atoms with E-state index in [-0.39, 0.29) is 23.5 Å². The molecule has 4 atom stereocenters. The first kappa shape index (κ1) is 7.61. The van der Waals surface area contributed by atoms with Gasteiger partial charge >= 0.3 is 0 Å². The van der Waals surface area contributed by atoms with E-state index in [9.17, 15) is 9.90 Å². The van der Waals surface area contributed by atoms with Crippen molar-refractivity contribution in [3.63, 3.8) is 0 Å². The zero-order valence-electron chi connectivity index (χ0n) is 13.4. The molecule has 1 fully saturated rings. The Morgan fingerprint density at radius 3 is 3.07 bits per heavy atom. The van der Waals surface area contributed by atoms with Gasteiger partial charge in [-0.1, -0.05) is 26.0 Å². The Kier molecular flexibility index (Phi) is 2.77. The summed E-state index contributed by atoms with van der Waals surface area (Å²) in [6, 6.07) is -0.405. The van der Waals surface area contributed by atoms with Gasteiger partial charge in [-0.3, -0.25) is 4.79 Å². The lowest BCUT2D eigenvalue weighted by Crippen LogP contribution is -2.33. The zero-order chi connectivity index (χ0) is 14.8. The van der Waals surface area contributed by atoms with Crippen molar-refractivity contribution in [3.8, 4) is 0 Å². The van der Waals surface area contributed by atoms with Gasteiger partial charge in [0.1, 0.15) is 5.78 Å². The summed E-state index contributed by atoms with van der Waals surface area (Å²) in [6.45, 7) is 1.34. The van der Waals surface area contributed by atoms with Crippen molar-refractivity contribution in [2.24, 2.45) is 17.8 Å². The molecule has 1 N–H and O–H groups in total. The van der Waals surface area contributed by atoms with E-state index in [0.29, 0.717) is 12.8 Å². The van der Waals surface area contributed by atoms with E-state index in [1.54, 1.807) is 6.92 Å². The van der Waals surface area contributed by atoms with Crippen LogP contribution in [-0.2, 0) is 4.79 Å². The fourth-order valence-electron chi connectivity index (χ4n) is 2.30. The van der Waals surface area contributed by atoms with Gasteiger partial charge in [0.2, 0.25) is 0 Å². The minimum absolute atomic E-state index is 0.0951. The third-order valence-electron chi connectivity index (χ3n) is 3.37. The average molecular weight is 214 g/mol. The standard InChI is InChI=1S/C13H22O2/c1-4-5-6-10(3)13(15)12-9(2)7-8-11(12)14/h4-5,9-10,12-13,15H,6-8H2,1-3H3/b5-4+/t9?,10-,12-,13-/m1/s1/i1D3,4D. The monoisotopic (exact) mass is 214 g/mol. The molecule has 0 bridgehead atoms. The molecule has 0 aromatic carbocycles. The molecule has 86 valence electrons. The lowest BCUT2D eigenvalue weighted by Gasteiger charge is -2.25. The molecule has 1 rings (SSSR count). The number of aliphatic hydroxyl groups is 1. The molecule has 1 saturated carbocycles. The number of carbonyl (C=O) groups excluding carboxylic acids is 1. The normalized spacial score (nSPS) is 36.5. The Balaban J connectivity index is 2.63. The number of aliphatic hydroxyl groups excluding tert-OH is 1. The van der Waals surface area contributed by atoms with E-state index in [0.717, 1.165) is 6.42 Å². The fourth-order valence-corrected chi connectivity index (χ4v) is 2.30. The Bertz CT molecular complexity index is 362. The first-order valence-corrected chi connectivity index (χ1v) is 5.52. The molecule has 0 amide bonds. The maximum absolute atomic E-state index is 11.7. The van der Waals surface area contributed by atoms with Gasteiger partial charge < -0.3 is 5.11 Å². The maximum Gasteiger partial charge on any atom is 0.138 e. The number of hydrogen-bond acceptors (Lipinski definition) is 2. The minimum Gasteiger partial charge on any atom is -0.392 e. The lowest BCUT2D eigenvalue weighted by molar-refractivity contribution is -0.125. The van der Waals surface area contributed by atoms with Crippen LogP contribution in [0.5, 0.6) is 0 Å². The van der Waals surface area contributed by atoms with E-state index >= 15 is 0 Å². The smallest absolute Gasteiger partial charge is 0.138 e. The first-order valence-electron chi connectivity index (χ1n) is 7.52. The van der Waals surface area contributed by atoms with Crippen LogP contribution in [0.1, 0.15) is 45.4 Å². The van der Waals surface area contributed by atoms with E-state index < -0.39 is 19.0 Å². The molecule has 2 nitrogen and oxygen atoms in total. The van der Waals surface area contributed by atoms with Crippen molar-refractivity contribution < 1.29 is 15.4 Å². The number of allylic oxidation sites excluding steroid dienone is 2. The Morgan fingerprint density at radius 1 is 1.80 bits per heavy atom. The molecule has 0 saturated heterocycles. The van der Waals surface area contributed by atoms with Crippen LogP contribution in [0.3, 0.4) is 0 Å². The highest BCUT2D eigenvalue weighted by Crippen LogP contribution is 2.34. The number of carbonyl (C=O) groups is 1. The molecule has 2 heteroatoms. The molecule has 0 radical (unpaired) electrons. The van der Waals surface area contributed by atoms with Gasteiger partial charge in [-0.25, -0.2) is 0 Å². The summed E-state index contributed by atoms with van der Waals surface area (Å²) in [5, 5.41) is 10.2. The highest BCUT2D eigenvalue weighted by molar-refractivity contribution is 5.83. The van der Waals surface area contributed by atoms with Crippen LogP contribution in [0.4, 0.5) is 0 Å². The van der Waals surface area contributed by atoms with Gasteiger partial charge in [0.25, 0.3) is 0 Å². The molecule has 15 heavy (non-hydrogen) atoms. The van der Waals surface area contributed by atoms with Crippen LogP contribution in [0.2, 0.25) is 0 Å². The summed E-state index contributed by atoms with van der Waals surface area (Å²) >= 11 is 0. The lowest BCUT2D eigenvalue weighted by atomic mass is 9.83. The zero-order valence-corrected chi connectivity index (χ0v) is 9.36. The molecule has 0 aliphatic heterocycles. The van der Waals surface area contributed by atoms with Gasteiger partial charge in [-0.15, -0.1) is 0 Å². The highest BCUT2D eigenvalue weighted by atomic mass is 16.3. The van der Waals surface area contributed by atoms with Crippen molar-refractivity contribution >= 4 is 5.78 Å². The van der Waals surface area contributed by atoms with Crippen LogP contribution in [0.15, 0.2) is 12.1 Å². The predicted molar refractivity (Wildman–Crippen MR) is 61.5 cm³/mol. The molecular weight excluding hydrogens is 188 g/mol. The second kappa shape index (κ2) is 5.45. The average Bonchev–Trinajstić information content (AvgIpc) is 2.63. The maximum atomic E-state index is 11.7. The number of ketones is 1. The second-order valence-corrected chi connectivity index (χ2v) is 4.56. The van der Waals surface area contributed by atoms with Gasteiger partial charge in [-0.05, 0) is 31.5 Å². The molecule has 0 heterocycles. The molecule has 1 aliphatic carbocycles. The molecular formula is C13H22O2. The van der Waals surface area contributed by atoms with Crippen LogP contribution in [0.25, 0.3) is 0 Å². The third kappa shape index (κ3) is 2.91. The van der Waals surface area contributed by atoms with Gasteiger partial charge in [0.05, 0.1) is 7.47 Å². The predicted octanol–water partition coefficient (Wildman–Crippen LogP) is 2.56. The summed E-state index contributed by atoms with van der Waals surface area (Å²) in [5.41, 5.74) is 0. The van der Waals surface area contributed by atoms with Crippen molar-refractivity contribution in [2.75, 3.05) is 0 Å². The Morgan fingerprint density at radius 2 is 2.53 bits per heavy atom. The second-order valence-electron chi connectivity index (χ2n) is 4.56. The largest absolute Gasteiger partial charge is 0.392 e. The van der Waals surface area contributed by atoms with Crippen LogP contribution < -0.4 is 0 Å². The first-order chi connectivity index (χ1) is 8.64. The Labute approximate surface area is 98.0 Å². The summed E-state index contributed by atoms with van der Waals surface area (Å²) in [7, 11) is 0. The summed E-state index contributed by atoms with van der Waals surface area (Å²) in [6.07, 6.45) is 2.19. The molecule has 0 aromatic rings. The van der Waals surface area contributed by atoms with Crippen LogP contribution in [-0.4, -0.2) is 17.0 Å². The van der Waals surface area contributed by atoms with Crippen molar-refractivity contribution in [1.82, 2.24) is 0 Å². The summed E-state index contributed by atoms with van der Waals surface area (Å²) in [5.74, 6) is -0.299. The highest BCUT2D eigenvalue weighted by Gasteiger charge is 2.38. The van der Waals surface area contributed by atoms with E-state index in [1.165, 1.54) is 6.08 Å². The quantitative estimate of drug-likeness (QED) is 0.730. The molecule has 0 aromatic heterocycles. The van der Waals surface area contributed by atoms with Crippen molar-refractivity contribution in [1.29, 1.82) is 0 Å². The van der Waals surface area contributed by atoms with Gasteiger partial charge in [0, 0.05) is 16.5 Å². The minimum atomic E-state index is -2.40.